The highest BCUT2D eigenvalue weighted by Gasteiger charge is 2.31. The summed E-state index contributed by atoms with van der Waals surface area (Å²) in [4.78, 5) is 15.1. The first-order valence-electron chi connectivity index (χ1n) is 6.57. The molecule has 1 aliphatic rings. The predicted molar refractivity (Wildman–Crippen MR) is 70.4 cm³/mol. The highest BCUT2D eigenvalue weighted by atomic mass is 16.1. The van der Waals surface area contributed by atoms with E-state index in [1.807, 2.05) is 12.5 Å². The average Bonchev–Trinajstić information content (AvgIpc) is 2.78. The fourth-order valence-electron chi connectivity index (χ4n) is 2.59. The molecule has 1 aromatic rings. The first-order chi connectivity index (χ1) is 8.62. The molecule has 0 aromatic carbocycles. The van der Waals surface area contributed by atoms with Gasteiger partial charge in [0.25, 0.3) is 0 Å². The number of rotatable bonds is 4. The summed E-state index contributed by atoms with van der Waals surface area (Å²) in [5.74, 6) is 0.0183. The highest BCUT2D eigenvalue weighted by molar-refractivity contribution is 5.72. The Bertz CT molecular complexity index is 407. The van der Waals surface area contributed by atoms with Gasteiger partial charge in [0, 0.05) is 37.3 Å². The van der Waals surface area contributed by atoms with Crippen molar-refractivity contribution >= 4 is 5.91 Å². The molecule has 1 saturated heterocycles. The van der Waals surface area contributed by atoms with Crippen molar-refractivity contribution in [3.05, 3.63) is 18.2 Å². The monoisotopic (exact) mass is 250 g/mol. The van der Waals surface area contributed by atoms with Gasteiger partial charge in [0.1, 0.15) is 0 Å². The number of nitrogens with zero attached hydrogens (tertiary/aromatic N) is 2. The van der Waals surface area contributed by atoms with Crippen molar-refractivity contribution in [3.8, 4) is 0 Å². The van der Waals surface area contributed by atoms with E-state index in [0.717, 1.165) is 32.5 Å². The topological polar surface area (TPSA) is 59.0 Å². The minimum absolute atomic E-state index is 0.0183. The third kappa shape index (κ3) is 2.90. The molecule has 0 bridgehead atoms. The van der Waals surface area contributed by atoms with Gasteiger partial charge in [-0.2, -0.15) is 0 Å². The Morgan fingerprint density at radius 2 is 2.28 bits per heavy atom. The molecule has 5 nitrogen and oxygen atoms in total. The number of carbonyl (C=O) groups is 1. The van der Waals surface area contributed by atoms with Crippen molar-refractivity contribution in [2.24, 2.45) is 0 Å². The Morgan fingerprint density at radius 1 is 1.56 bits per heavy atom. The van der Waals surface area contributed by atoms with Gasteiger partial charge in [-0.1, -0.05) is 6.92 Å². The SMILES string of the molecule is CC(=O)NCCn1cncc1C1(C)CCNCC1. The van der Waals surface area contributed by atoms with Crippen LogP contribution < -0.4 is 10.6 Å². The summed E-state index contributed by atoms with van der Waals surface area (Å²) >= 11 is 0. The van der Waals surface area contributed by atoms with Gasteiger partial charge in [-0.15, -0.1) is 0 Å². The Hall–Kier alpha value is -1.36. The molecule has 1 fully saturated rings. The molecule has 0 unspecified atom stereocenters. The van der Waals surface area contributed by atoms with E-state index >= 15 is 0 Å². The number of nitrogens with one attached hydrogen (secondary N) is 2. The lowest BCUT2D eigenvalue weighted by Gasteiger charge is -2.34. The molecule has 2 rings (SSSR count). The normalized spacial score (nSPS) is 18.6. The minimum Gasteiger partial charge on any atom is -0.355 e. The fourth-order valence-corrected chi connectivity index (χ4v) is 2.59. The lowest BCUT2D eigenvalue weighted by molar-refractivity contribution is -0.118. The standard InChI is InChI=1S/C13H22N4O/c1-11(18)16-7-8-17-10-15-9-12(17)13(2)3-5-14-6-4-13/h9-10,14H,3-8H2,1-2H3,(H,16,18). The van der Waals surface area contributed by atoms with E-state index in [4.69, 9.17) is 0 Å². The van der Waals surface area contributed by atoms with Crippen LogP contribution in [0.5, 0.6) is 0 Å². The van der Waals surface area contributed by atoms with E-state index < -0.39 is 0 Å². The first kappa shape index (κ1) is 13.1. The maximum Gasteiger partial charge on any atom is 0.216 e. The van der Waals surface area contributed by atoms with E-state index in [-0.39, 0.29) is 11.3 Å². The molecule has 1 aliphatic heterocycles. The maximum atomic E-state index is 10.9. The summed E-state index contributed by atoms with van der Waals surface area (Å²) in [6, 6.07) is 0. The number of piperidine rings is 1. The van der Waals surface area contributed by atoms with Gasteiger partial charge in [-0.25, -0.2) is 4.98 Å². The van der Waals surface area contributed by atoms with Crippen molar-refractivity contribution in [2.75, 3.05) is 19.6 Å². The second-order valence-corrected chi connectivity index (χ2v) is 5.27. The molecule has 5 heteroatoms. The molecule has 2 N–H and O–H groups in total. The number of hydrogen-bond donors (Lipinski definition) is 2. The molecular weight excluding hydrogens is 228 g/mol. The summed E-state index contributed by atoms with van der Waals surface area (Å²) in [5, 5.41) is 6.22. The van der Waals surface area contributed by atoms with Crippen LogP contribution in [0.25, 0.3) is 0 Å². The predicted octanol–water partition coefficient (Wildman–Crippen LogP) is 0.660. The van der Waals surface area contributed by atoms with Crippen molar-refractivity contribution < 1.29 is 4.79 Å². The number of hydrogen-bond acceptors (Lipinski definition) is 3. The second kappa shape index (κ2) is 5.52. The number of amides is 1. The van der Waals surface area contributed by atoms with Crippen molar-refractivity contribution in [1.29, 1.82) is 0 Å². The number of aromatic nitrogens is 2. The molecular formula is C13H22N4O. The van der Waals surface area contributed by atoms with Crippen LogP contribution in [-0.2, 0) is 16.8 Å². The van der Waals surface area contributed by atoms with Crippen LogP contribution in [0.1, 0.15) is 32.4 Å². The van der Waals surface area contributed by atoms with Gasteiger partial charge in [-0.05, 0) is 25.9 Å². The van der Waals surface area contributed by atoms with Crippen LogP contribution in [-0.4, -0.2) is 35.1 Å². The van der Waals surface area contributed by atoms with Gasteiger partial charge in [0.2, 0.25) is 5.91 Å². The average molecular weight is 250 g/mol. The summed E-state index contributed by atoms with van der Waals surface area (Å²) < 4.78 is 2.17. The number of carbonyl (C=O) groups excluding carboxylic acids is 1. The van der Waals surface area contributed by atoms with Crippen molar-refractivity contribution in [3.63, 3.8) is 0 Å². The van der Waals surface area contributed by atoms with E-state index in [2.05, 4.69) is 27.1 Å². The molecule has 0 spiro atoms. The van der Waals surface area contributed by atoms with Gasteiger partial charge >= 0.3 is 0 Å². The lowest BCUT2D eigenvalue weighted by atomic mass is 9.78. The van der Waals surface area contributed by atoms with E-state index in [1.165, 1.54) is 5.69 Å². The van der Waals surface area contributed by atoms with Crippen molar-refractivity contribution in [1.82, 2.24) is 20.2 Å². The summed E-state index contributed by atoms with van der Waals surface area (Å²) in [6.07, 6.45) is 6.11. The molecule has 100 valence electrons. The zero-order valence-electron chi connectivity index (χ0n) is 11.2. The summed E-state index contributed by atoms with van der Waals surface area (Å²) in [7, 11) is 0. The van der Waals surface area contributed by atoms with Gasteiger partial charge in [0.05, 0.1) is 6.33 Å². The van der Waals surface area contributed by atoms with E-state index in [0.29, 0.717) is 6.54 Å². The second-order valence-electron chi connectivity index (χ2n) is 5.27. The molecule has 1 amide bonds. The first-order valence-corrected chi connectivity index (χ1v) is 6.57. The third-order valence-electron chi connectivity index (χ3n) is 3.76. The largest absolute Gasteiger partial charge is 0.355 e. The molecule has 2 heterocycles. The third-order valence-corrected chi connectivity index (χ3v) is 3.76. The lowest BCUT2D eigenvalue weighted by Crippen LogP contribution is -2.39. The highest BCUT2D eigenvalue weighted by Crippen LogP contribution is 2.32. The van der Waals surface area contributed by atoms with Crippen LogP contribution in [0, 0.1) is 0 Å². The quantitative estimate of drug-likeness (QED) is 0.825. The Balaban J connectivity index is 2.04. The maximum absolute atomic E-state index is 10.9. The smallest absolute Gasteiger partial charge is 0.216 e. The van der Waals surface area contributed by atoms with E-state index in [1.54, 1.807) is 6.92 Å². The van der Waals surface area contributed by atoms with Crippen LogP contribution in [0.3, 0.4) is 0 Å². The fraction of sp³-hybridized carbons (Fsp3) is 0.692. The molecule has 0 atom stereocenters. The Labute approximate surface area is 108 Å². The zero-order chi connectivity index (χ0) is 13.0. The van der Waals surface area contributed by atoms with Gasteiger partial charge in [-0.3, -0.25) is 4.79 Å². The molecule has 1 aromatic heterocycles. The minimum atomic E-state index is 0.0183. The van der Waals surface area contributed by atoms with Gasteiger partial charge in [0.15, 0.2) is 0 Å². The molecule has 0 radical (unpaired) electrons. The van der Waals surface area contributed by atoms with Crippen LogP contribution >= 0.6 is 0 Å². The van der Waals surface area contributed by atoms with Crippen molar-refractivity contribution in [2.45, 2.75) is 38.6 Å². The Morgan fingerprint density at radius 3 is 2.94 bits per heavy atom. The van der Waals surface area contributed by atoms with Crippen LogP contribution in [0.2, 0.25) is 0 Å². The summed E-state index contributed by atoms with van der Waals surface area (Å²) in [6.45, 7) is 7.43. The molecule has 0 saturated carbocycles. The van der Waals surface area contributed by atoms with Crippen LogP contribution in [0.15, 0.2) is 12.5 Å². The zero-order valence-corrected chi connectivity index (χ0v) is 11.2. The van der Waals surface area contributed by atoms with Crippen LogP contribution in [0.4, 0.5) is 0 Å². The van der Waals surface area contributed by atoms with E-state index in [9.17, 15) is 4.79 Å². The van der Waals surface area contributed by atoms with Gasteiger partial charge < -0.3 is 15.2 Å². The summed E-state index contributed by atoms with van der Waals surface area (Å²) in [5.41, 5.74) is 1.49. The molecule has 0 aliphatic carbocycles. The Kier molecular flexibility index (Phi) is 4.01. The number of imidazole rings is 1. The molecule has 18 heavy (non-hydrogen) atoms.